The minimum atomic E-state index is -1.13. The Balaban J connectivity index is 2.96. The number of benzene rings is 2. The van der Waals surface area contributed by atoms with Gasteiger partial charge in [-0.05, 0) is 47.4 Å². The van der Waals surface area contributed by atoms with Crippen LogP contribution in [0.3, 0.4) is 0 Å². The lowest BCUT2D eigenvalue weighted by Crippen LogP contribution is -2.31. The first-order valence-electron chi connectivity index (χ1n) is 11.0. The molecule has 0 aliphatic carbocycles. The van der Waals surface area contributed by atoms with Crippen molar-refractivity contribution in [1.82, 2.24) is 0 Å². The summed E-state index contributed by atoms with van der Waals surface area (Å²) in [6, 6.07) is 7.65. The minimum Gasteiger partial charge on any atom is -0.507 e. The van der Waals surface area contributed by atoms with Crippen molar-refractivity contribution >= 4 is 0 Å². The van der Waals surface area contributed by atoms with Gasteiger partial charge in [0.2, 0.25) is 0 Å². The molecule has 0 heterocycles. The quantitative estimate of drug-likeness (QED) is 0.579. The summed E-state index contributed by atoms with van der Waals surface area (Å²) in [5, 5.41) is 22.5. The summed E-state index contributed by atoms with van der Waals surface area (Å²) in [6.07, 6.45) is 0. The summed E-state index contributed by atoms with van der Waals surface area (Å²) < 4.78 is 16.7. The van der Waals surface area contributed by atoms with E-state index in [1.54, 1.807) is 41.2 Å². The van der Waals surface area contributed by atoms with Crippen LogP contribution in [0.4, 0.5) is 0 Å². The van der Waals surface area contributed by atoms with E-state index in [0.717, 1.165) is 22.3 Å². The molecule has 0 bridgehead atoms. The Kier molecular flexibility index (Phi) is 7.16. The predicted octanol–water partition coefficient (Wildman–Crippen LogP) is 5.92. The highest BCUT2D eigenvalue weighted by molar-refractivity contribution is 5.57. The summed E-state index contributed by atoms with van der Waals surface area (Å²) in [6.45, 7) is 16.0. The van der Waals surface area contributed by atoms with E-state index < -0.39 is 11.5 Å². The molecule has 0 amide bonds. The van der Waals surface area contributed by atoms with E-state index in [-0.39, 0.29) is 10.8 Å². The fourth-order valence-corrected chi connectivity index (χ4v) is 4.21. The fraction of sp³-hybridized carbons (Fsp3) is 0.556. The molecule has 0 saturated carbocycles. The first-order chi connectivity index (χ1) is 14.6. The van der Waals surface area contributed by atoms with Crippen molar-refractivity contribution in [3.05, 3.63) is 46.5 Å². The van der Waals surface area contributed by atoms with E-state index in [0.29, 0.717) is 23.0 Å². The highest BCUT2D eigenvalue weighted by Crippen LogP contribution is 2.48. The molecule has 0 aliphatic rings. The van der Waals surface area contributed by atoms with Gasteiger partial charge in [0.15, 0.2) is 11.5 Å². The predicted molar refractivity (Wildman–Crippen MR) is 130 cm³/mol. The van der Waals surface area contributed by atoms with Gasteiger partial charge >= 0.3 is 0 Å². The molecule has 0 spiro atoms. The second-order valence-corrected chi connectivity index (χ2v) is 11.0. The van der Waals surface area contributed by atoms with E-state index in [2.05, 4.69) is 41.5 Å². The van der Waals surface area contributed by atoms with Crippen molar-refractivity contribution in [2.45, 2.75) is 77.7 Å². The Morgan fingerprint density at radius 1 is 0.656 bits per heavy atom. The fourth-order valence-electron chi connectivity index (χ4n) is 4.21. The Morgan fingerprint density at radius 2 is 1.06 bits per heavy atom. The van der Waals surface area contributed by atoms with Gasteiger partial charge in [0.1, 0.15) is 11.5 Å². The number of phenolic OH excluding ortho intramolecular Hbond substituents is 1. The summed E-state index contributed by atoms with van der Waals surface area (Å²) >= 11 is 0. The van der Waals surface area contributed by atoms with Crippen LogP contribution in [0.1, 0.15) is 83.6 Å². The number of hydrogen-bond donors (Lipinski definition) is 2. The van der Waals surface area contributed by atoms with E-state index in [1.807, 2.05) is 18.2 Å². The molecule has 5 nitrogen and oxygen atoms in total. The first-order valence-corrected chi connectivity index (χ1v) is 11.0. The third kappa shape index (κ3) is 5.15. The van der Waals surface area contributed by atoms with Crippen molar-refractivity contribution in [3.8, 4) is 23.0 Å². The molecule has 0 aromatic heterocycles. The first kappa shape index (κ1) is 25.9. The average molecular weight is 445 g/mol. The number of phenols is 1. The second-order valence-electron chi connectivity index (χ2n) is 11.0. The maximum atomic E-state index is 11.4. The highest BCUT2D eigenvalue weighted by Gasteiger charge is 2.36. The molecule has 0 fully saturated rings. The van der Waals surface area contributed by atoms with Crippen LogP contribution in [0.25, 0.3) is 0 Å². The SMILES string of the molecule is COc1cc(OC)c([C@H](c2cc(C(C)(C)C)c(O)c(C(C)(C)C)c2)C(C)(C)O)cc1OC. The van der Waals surface area contributed by atoms with Crippen molar-refractivity contribution in [1.29, 1.82) is 0 Å². The van der Waals surface area contributed by atoms with E-state index >= 15 is 0 Å². The van der Waals surface area contributed by atoms with E-state index in [4.69, 9.17) is 14.2 Å². The zero-order valence-electron chi connectivity index (χ0n) is 21.5. The van der Waals surface area contributed by atoms with Crippen LogP contribution in [-0.4, -0.2) is 37.1 Å². The normalized spacial score (nSPS) is 13.6. The Hall–Kier alpha value is -2.40. The number of ether oxygens (including phenoxy) is 3. The lowest BCUT2D eigenvalue weighted by Gasteiger charge is -2.35. The minimum absolute atomic E-state index is 0.286. The molecule has 1 atom stereocenters. The molecule has 2 aromatic rings. The third-order valence-electron chi connectivity index (χ3n) is 5.83. The molecule has 0 unspecified atom stereocenters. The number of methoxy groups -OCH3 is 3. The van der Waals surface area contributed by atoms with Gasteiger partial charge < -0.3 is 24.4 Å². The maximum absolute atomic E-state index is 11.4. The van der Waals surface area contributed by atoms with Gasteiger partial charge in [-0.15, -0.1) is 0 Å². The summed E-state index contributed by atoms with van der Waals surface area (Å²) in [5.74, 6) is 1.57. The van der Waals surface area contributed by atoms with E-state index in [9.17, 15) is 10.2 Å². The van der Waals surface area contributed by atoms with Gasteiger partial charge in [0.05, 0.1) is 26.9 Å². The van der Waals surface area contributed by atoms with Crippen LogP contribution < -0.4 is 14.2 Å². The standard InChI is InChI=1S/C27H40O5/c1-25(2,3)18-12-16(13-19(24(18)28)26(4,5)6)23(27(7,8)29)17-14-21(31-10)22(32-11)15-20(17)30-9/h12-15,23,28-29H,1-11H3/t23-/m0/s1. The number of aromatic hydroxyl groups is 1. The van der Waals surface area contributed by atoms with Gasteiger partial charge in [0, 0.05) is 17.5 Å². The van der Waals surface area contributed by atoms with Crippen LogP contribution in [-0.2, 0) is 10.8 Å². The van der Waals surface area contributed by atoms with Gasteiger partial charge in [0.25, 0.3) is 0 Å². The molecule has 0 radical (unpaired) electrons. The van der Waals surface area contributed by atoms with Crippen molar-refractivity contribution in [2.75, 3.05) is 21.3 Å². The van der Waals surface area contributed by atoms with E-state index in [1.165, 1.54) is 0 Å². The monoisotopic (exact) mass is 444 g/mol. The van der Waals surface area contributed by atoms with Gasteiger partial charge in [-0.3, -0.25) is 0 Å². The van der Waals surface area contributed by atoms with Gasteiger partial charge in [-0.2, -0.15) is 0 Å². The Bertz CT molecular complexity index is 921. The Morgan fingerprint density at radius 3 is 1.41 bits per heavy atom. The summed E-state index contributed by atoms with van der Waals surface area (Å²) in [4.78, 5) is 0. The zero-order valence-corrected chi connectivity index (χ0v) is 21.5. The van der Waals surface area contributed by atoms with Crippen molar-refractivity contribution in [3.63, 3.8) is 0 Å². The van der Waals surface area contributed by atoms with Crippen molar-refractivity contribution < 1.29 is 24.4 Å². The molecule has 2 N–H and O–H groups in total. The van der Waals surface area contributed by atoms with Gasteiger partial charge in [-0.25, -0.2) is 0 Å². The van der Waals surface area contributed by atoms with Crippen LogP contribution in [0, 0.1) is 0 Å². The Labute approximate surface area is 193 Å². The topological polar surface area (TPSA) is 68.2 Å². The molecular formula is C27H40O5. The molecule has 0 aliphatic heterocycles. The lowest BCUT2D eigenvalue weighted by molar-refractivity contribution is 0.0617. The maximum Gasteiger partial charge on any atom is 0.164 e. The molecular weight excluding hydrogens is 404 g/mol. The number of aliphatic hydroxyl groups is 1. The molecule has 5 heteroatoms. The zero-order chi connectivity index (χ0) is 24.6. The van der Waals surface area contributed by atoms with Crippen LogP contribution in [0.15, 0.2) is 24.3 Å². The van der Waals surface area contributed by atoms with Crippen molar-refractivity contribution in [2.24, 2.45) is 0 Å². The summed E-state index contributed by atoms with van der Waals surface area (Å²) in [7, 11) is 4.77. The lowest BCUT2D eigenvalue weighted by atomic mass is 9.73. The number of rotatable bonds is 6. The van der Waals surface area contributed by atoms with Crippen LogP contribution in [0.5, 0.6) is 23.0 Å². The second kappa shape index (κ2) is 8.86. The molecule has 0 saturated heterocycles. The largest absolute Gasteiger partial charge is 0.507 e. The molecule has 32 heavy (non-hydrogen) atoms. The molecule has 178 valence electrons. The van der Waals surface area contributed by atoms with Gasteiger partial charge in [-0.1, -0.05) is 53.7 Å². The van der Waals surface area contributed by atoms with Crippen LogP contribution in [0.2, 0.25) is 0 Å². The average Bonchev–Trinajstić information content (AvgIpc) is 2.65. The number of hydrogen-bond acceptors (Lipinski definition) is 5. The third-order valence-corrected chi connectivity index (χ3v) is 5.83. The molecule has 2 aromatic carbocycles. The smallest absolute Gasteiger partial charge is 0.164 e. The highest BCUT2D eigenvalue weighted by atomic mass is 16.5. The summed E-state index contributed by atoms with van der Waals surface area (Å²) in [5.41, 5.74) is 1.66. The molecule has 2 rings (SSSR count). The van der Waals surface area contributed by atoms with Crippen LogP contribution >= 0.6 is 0 Å².